The summed E-state index contributed by atoms with van der Waals surface area (Å²) in [5.74, 6) is 0. The van der Waals surface area contributed by atoms with Crippen LogP contribution in [0.15, 0.2) is 60.7 Å². The lowest BCUT2D eigenvalue weighted by atomic mass is 9.82. The molecule has 0 fully saturated rings. The quantitative estimate of drug-likeness (QED) is 0.212. The van der Waals surface area contributed by atoms with Crippen LogP contribution in [0.1, 0.15) is 0 Å². The zero-order valence-electron chi connectivity index (χ0n) is 15.3. The smallest absolute Gasteiger partial charge is 0.487 e. The van der Waals surface area contributed by atoms with Gasteiger partial charge in [0.2, 0.25) is 10.8 Å². The number of nitrogens with zero attached hydrogens (tertiary/aromatic N) is 4. The second-order valence-corrected chi connectivity index (χ2v) is 7.46. The molecule has 0 saturated carbocycles. The Hall–Kier alpha value is -3.70. The molecule has 0 aliphatic rings. The van der Waals surface area contributed by atoms with Gasteiger partial charge in [-0.1, -0.05) is 48.5 Å². The predicted octanol–water partition coefficient (Wildman–Crippen LogP) is 1.90. The maximum Gasteiger partial charge on any atom is 0.487 e. The van der Waals surface area contributed by atoms with Crippen molar-refractivity contribution in [3.05, 3.63) is 70.6 Å². The SMILES string of the molecule is N#[N+]c1c([N+]#N)c2ccc3ccc4ccc5ccc6ccc1c1c6c5c4c3c21.[Cl-].[Cl-]. The lowest BCUT2D eigenvalue weighted by Crippen LogP contribution is -3.00. The van der Waals surface area contributed by atoms with Crippen LogP contribution in [0.5, 0.6) is 0 Å². The van der Waals surface area contributed by atoms with E-state index in [1.54, 1.807) is 0 Å². The van der Waals surface area contributed by atoms with Crippen LogP contribution in [0.2, 0.25) is 0 Å². The molecule has 0 radical (unpaired) electrons. The van der Waals surface area contributed by atoms with Crippen LogP contribution in [-0.2, 0) is 0 Å². The van der Waals surface area contributed by atoms with Crippen LogP contribution in [0.3, 0.4) is 0 Å². The van der Waals surface area contributed by atoms with Gasteiger partial charge in [-0.25, -0.2) is 0 Å². The highest BCUT2D eigenvalue weighted by Gasteiger charge is 2.36. The lowest BCUT2D eigenvalue weighted by Gasteiger charge is -2.19. The first kappa shape index (κ1) is 18.3. The minimum absolute atomic E-state index is 0. The normalized spacial score (nSPS) is 11.4. The molecule has 0 saturated heterocycles. The molecule has 0 aliphatic heterocycles. The van der Waals surface area contributed by atoms with Gasteiger partial charge in [0.15, 0.2) is 9.95 Å². The minimum atomic E-state index is 0. The van der Waals surface area contributed by atoms with Crippen molar-refractivity contribution < 1.29 is 24.8 Å². The fraction of sp³-hybridized carbons (Fsp3) is 0. The van der Waals surface area contributed by atoms with Crippen molar-refractivity contribution in [2.45, 2.75) is 0 Å². The van der Waals surface area contributed by atoms with Crippen molar-refractivity contribution in [2.24, 2.45) is 0 Å². The van der Waals surface area contributed by atoms with Crippen molar-refractivity contribution in [1.82, 2.24) is 0 Å². The third kappa shape index (κ3) is 1.81. The van der Waals surface area contributed by atoms with E-state index < -0.39 is 0 Å². The molecule has 140 valence electrons. The van der Waals surface area contributed by atoms with E-state index in [1.807, 2.05) is 24.3 Å². The second-order valence-electron chi connectivity index (χ2n) is 7.46. The fourth-order valence-electron chi connectivity index (χ4n) is 5.24. The molecule has 0 spiro atoms. The molecular formula is C24H10Cl2N4. The molecule has 30 heavy (non-hydrogen) atoms. The fourth-order valence-corrected chi connectivity index (χ4v) is 5.24. The first-order chi connectivity index (χ1) is 13.8. The van der Waals surface area contributed by atoms with Crippen LogP contribution in [-0.4, -0.2) is 0 Å². The standard InChI is InChI=1S/C24H10N4.2ClH/c25-27-23-15-9-7-13-5-3-11-1-2-12-4-6-14-8-10-16(24(23)28-26)22-20(14)18(12)17(11)19(13)21(15)22;;/h1-10H;2*1H/q+2;;/p-2. The van der Waals surface area contributed by atoms with Crippen LogP contribution in [0.4, 0.5) is 11.4 Å². The Morgan fingerprint density at radius 2 is 0.667 bits per heavy atom. The Kier molecular flexibility index (Phi) is 3.61. The van der Waals surface area contributed by atoms with Crippen LogP contribution in [0.25, 0.3) is 74.6 Å². The predicted molar refractivity (Wildman–Crippen MR) is 115 cm³/mol. The van der Waals surface area contributed by atoms with Gasteiger partial charge >= 0.3 is 11.4 Å². The van der Waals surface area contributed by atoms with E-state index in [0.717, 1.165) is 32.3 Å². The van der Waals surface area contributed by atoms with Crippen LogP contribution >= 0.6 is 0 Å². The summed E-state index contributed by atoms with van der Waals surface area (Å²) in [6.45, 7) is 0. The summed E-state index contributed by atoms with van der Waals surface area (Å²) in [4.78, 5) is 7.02. The molecule has 7 rings (SSSR count). The molecule has 4 nitrogen and oxygen atoms in total. The monoisotopic (exact) mass is 424 g/mol. The number of hydrogen-bond acceptors (Lipinski definition) is 2. The van der Waals surface area contributed by atoms with Gasteiger partial charge in [0.25, 0.3) is 0 Å². The number of diazo groups is 2. The molecule has 7 aromatic rings. The molecule has 0 atom stereocenters. The maximum absolute atomic E-state index is 9.76. The van der Waals surface area contributed by atoms with Gasteiger partial charge in [-0.3, -0.25) is 0 Å². The summed E-state index contributed by atoms with van der Waals surface area (Å²) >= 11 is 0. The Balaban J connectivity index is 0.000000963. The van der Waals surface area contributed by atoms with Gasteiger partial charge in [-0.05, 0) is 55.2 Å². The number of hydrogen-bond donors (Lipinski definition) is 0. The highest BCUT2D eigenvalue weighted by molar-refractivity contribution is 6.46. The second kappa shape index (κ2) is 5.90. The summed E-state index contributed by atoms with van der Waals surface area (Å²) in [5.41, 5.74) is 0.601. The van der Waals surface area contributed by atoms with Gasteiger partial charge in [-0.15, -0.1) is 0 Å². The zero-order chi connectivity index (χ0) is 18.6. The van der Waals surface area contributed by atoms with Crippen molar-refractivity contribution in [1.29, 1.82) is 10.8 Å². The Morgan fingerprint density at radius 1 is 0.400 bits per heavy atom. The van der Waals surface area contributed by atoms with E-state index in [0.29, 0.717) is 11.4 Å². The van der Waals surface area contributed by atoms with E-state index in [9.17, 15) is 10.8 Å². The minimum Gasteiger partial charge on any atom is -1.00 e. The lowest BCUT2D eigenvalue weighted by molar-refractivity contribution is -0.00100. The first-order valence-corrected chi connectivity index (χ1v) is 9.15. The zero-order valence-corrected chi connectivity index (χ0v) is 16.8. The largest absolute Gasteiger partial charge is 1.00 e. The molecule has 0 amide bonds. The average molecular weight is 425 g/mol. The summed E-state index contributed by atoms with van der Waals surface area (Å²) in [6, 6.07) is 21.0. The van der Waals surface area contributed by atoms with Crippen molar-refractivity contribution in [3.63, 3.8) is 0 Å². The third-order valence-electron chi connectivity index (χ3n) is 6.31. The van der Waals surface area contributed by atoms with Gasteiger partial charge in [0.05, 0.1) is 10.8 Å². The average Bonchev–Trinajstić information content (AvgIpc) is 2.76. The van der Waals surface area contributed by atoms with E-state index in [4.69, 9.17) is 0 Å². The Morgan fingerprint density at radius 3 is 0.967 bits per heavy atom. The maximum atomic E-state index is 9.76. The third-order valence-corrected chi connectivity index (χ3v) is 6.31. The van der Waals surface area contributed by atoms with Crippen LogP contribution < -0.4 is 24.8 Å². The van der Waals surface area contributed by atoms with Gasteiger partial charge in [-0.2, -0.15) is 0 Å². The molecule has 0 aromatic heterocycles. The van der Waals surface area contributed by atoms with Crippen molar-refractivity contribution in [3.8, 4) is 0 Å². The molecule has 0 heterocycles. The molecular weight excluding hydrogens is 415 g/mol. The highest BCUT2D eigenvalue weighted by Crippen LogP contribution is 2.53. The van der Waals surface area contributed by atoms with Crippen LogP contribution in [0, 0.1) is 10.8 Å². The molecule has 0 aliphatic carbocycles. The number of rotatable bonds is 0. The summed E-state index contributed by atoms with van der Waals surface area (Å²) in [5, 5.41) is 32.7. The van der Waals surface area contributed by atoms with Gasteiger partial charge < -0.3 is 24.8 Å². The number of halogens is 2. The number of benzene rings is 7. The molecule has 0 bridgehead atoms. The van der Waals surface area contributed by atoms with Gasteiger partial charge in [0.1, 0.15) is 0 Å². The summed E-state index contributed by atoms with van der Waals surface area (Å²) in [6.07, 6.45) is 0. The highest BCUT2D eigenvalue weighted by atomic mass is 35.5. The summed E-state index contributed by atoms with van der Waals surface area (Å²) < 4.78 is 0. The Bertz CT molecular complexity index is 1700. The van der Waals surface area contributed by atoms with Gasteiger partial charge in [0, 0.05) is 10.8 Å². The summed E-state index contributed by atoms with van der Waals surface area (Å²) in [7, 11) is 0. The van der Waals surface area contributed by atoms with Crippen molar-refractivity contribution in [2.75, 3.05) is 0 Å². The Labute approximate surface area is 182 Å². The molecule has 0 unspecified atom stereocenters. The van der Waals surface area contributed by atoms with E-state index in [2.05, 4.69) is 46.4 Å². The van der Waals surface area contributed by atoms with E-state index in [-0.39, 0.29) is 24.8 Å². The van der Waals surface area contributed by atoms with Crippen molar-refractivity contribution >= 4 is 76.0 Å². The molecule has 0 N–H and O–H groups in total. The first-order valence-electron chi connectivity index (χ1n) is 9.15. The van der Waals surface area contributed by atoms with E-state index >= 15 is 0 Å². The van der Waals surface area contributed by atoms with E-state index in [1.165, 1.54) is 32.3 Å². The molecule has 6 heteroatoms. The molecule has 7 aromatic carbocycles. The topological polar surface area (TPSA) is 56.3 Å².